The predicted molar refractivity (Wildman–Crippen MR) is 84.3 cm³/mol. The first-order chi connectivity index (χ1) is 9.79. The molecule has 6 heteroatoms. The smallest absolute Gasteiger partial charge is 0.191 e. The molecule has 20 heavy (non-hydrogen) atoms. The summed E-state index contributed by atoms with van der Waals surface area (Å²) in [5.41, 5.74) is 1.37. The van der Waals surface area contributed by atoms with Crippen LogP contribution in [-0.2, 0) is 6.54 Å². The van der Waals surface area contributed by atoms with Crippen LogP contribution in [0.25, 0.3) is 0 Å². The molecular weight excluding hydrogens is 270 g/mol. The minimum Gasteiger partial charge on any atom is -0.356 e. The van der Waals surface area contributed by atoms with E-state index in [1.807, 2.05) is 16.9 Å². The van der Waals surface area contributed by atoms with Gasteiger partial charge in [-0.1, -0.05) is 6.92 Å². The largest absolute Gasteiger partial charge is 0.356 e. The lowest BCUT2D eigenvalue weighted by Crippen LogP contribution is -2.40. The molecule has 2 N–H and O–H groups in total. The van der Waals surface area contributed by atoms with Crippen molar-refractivity contribution in [3.05, 3.63) is 40.8 Å². The Kier molecular flexibility index (Phi) is 5.61. The molecule has 0 fully saturated rings. The third-order valence-corrected chi connectivity index (χ3v) is 3.81. The van der Waals surface area contributed by atoms with Gasteiger partial charge < -0.3 is 10.6 Å². The summed E-state index contributed by atoms with van der Waals surface area (Å²) in [4.78, 5) is 4.23. The van der Waals surface area contributed by atoms with Crippen molar-refractivity contribution in [3.63, 3.8) is 0 Å². The molecule has 0 radical (unpaired) electrons. The fourth-order valence-electron chi connectivity index (χ4n) is 1.87. The Bertz CT molecular complexity index is 504. The van der Waals surface area contributed by atoms with Gasteiger partial charge in [-0.2, -0.15) is 16.4 Å². The summed E-state index contributed by atoms with van der Waals surface area (Å²) in [5.74, 6) is 1.31. The number of thiophene rings is 1. The number of guanidine groups is 1. The first-order valence-electron chi connectivity index (χ1n) is 6.73. The molecule has 1 unspecified atom stereocenters. The second-order valence-corrected chi connectivity index (χ2v) is 5.39. The standard InChI is InChI=1S/C14H21N5S/c1-12(13-4-9-20-11-13)10-17-14(15-2)16-6-8-19-7-3-5-18-19/h3-5,7,9,11-12H,6,8,10H2,1-2H3,(H2,15,16,17). The van der Waals surface area contributed by atoms with Crippen molar-refractivity contribution in [1.29, 1.82) is 0 Å². The highest BCUT2D eigenvalue weighted by molar-refractivity contribution is 7.07. The summed E-state index contributed by atoms with van der Waals surface area (Å²) in [6, 6.07) is 4.10. The zero-order chi connectivity index (χ0) is 14.2. The van der Waals surface area contributed by atoms with Gasteiger partial charge in [0.2, 0.25) is 0 Å². The number of rotatable bonds is 6. The third kappa shape index (κ3) is 4.38. The van der Waals surface area contributed by atoms with Gasteiger partial charge in [-0.3, -0.25) is 9.67 Å². The van der Waals surface area contributed by atoms with E-state index in [1.54, 1.807) is 24.6 Å². The maximum absolute atomic E-state index is 4.23. The Hall–Kier alpha value is -1.82. The van der Waals surface area contributed by atoms with Crippen LogP contribution < -0.4 is 10.6 Å². The average Bonchev–Trinajstić information content (AvgIpc) is 3.14. The lowest BCUT2D eigenvalue weighted by atomic mass is 10.1. The van der Waals surface area contributed by atoms with Crippen LogP contribution in [0.3, 0.4) is 0 Å². The molecule has 2 aromatic heterocycles. The van der Waals surface area contributed by atoms with E-state index in [-0.39, 0.29) is 0 Å². The summed E-state index contributed by atoms with van der Waals surface area (Å²) in [7, 11) is 1.79. The summed E-state index contributed by atoms with van der Waals surface area (Å²) in [5, 5.41) is 15.1. The normalized spacial score (nSPS) is 13.2. The molecule has 0 aliphatic carbocycles. The summed E-state index contributed by atoms with van der Waals surface area (Å²) in [6.07, 6.45) is 3.74. The van der Waals surface area contributed by atoms with Crippen LogP contribution in [0.4, 0.5) is 0 Å². The fraction of sp³-hybridized carbons (Fsp3) is 0.429. The maximum atomic E-state index is 4.23. The van der Waals surface area contributed by atoms with E-state index in [1.165, 1.54) is 5.56 Å². The molecule has 5 nitrogen and oxygen atoms in total. The van der Waals surface area contributed by atoms with Gasteiger partial charge in [0.25, 0.3) is 0 Å². The third-order valence-electron chi connectivity index (χ3n) is 3.10. The number of aliphatic imine (C=N–C) groups is 1. The Morgan fingerprint density at radius 2 is 2.40 bits per heavy atom. The molecule has 0 bridgehead atoms. The molecule has 0 spiro atoms. The highest BCUT2D eigenvalue weighted by Crippen LogP contribution is 2.16. The molecule has 0 amide bonds. The summed E-state index contributed by atoms with van der Waals surface area (Å²) >= 11 is 1.74. The van der Waals surface area contributed by atoms with Crippen LogP contribution in [0, 0.1) is 0 Å². The van der Waals surface area contributed by atoms with Crippen LogP contribution in [0.5, 0.6) is 0 Å². The van der Waals surface area contributed by atoms with Crippen molar-refractivity contribution in [2.75, 3.05) is 20.1 Å². The highest BCUT2D eigenvalue weighted by atomic mass is 32.1. The van der Waals surface area contributed by atoms with Gasteiger partial charge in [0, 0.05) is 32.5 Å². The van der Waals surface area contributed by atoms with Crippen molar-refractivity contribution in [3.8, 4) is 0 Å². The van der Waals surface area contributed by atoms with Gasteiger partial charge >= 0.3 is 0 Å². The maximum Gasteiger partial charge on any atom is 0.191 e. The van der Waals surface area contributed by atoms with Crippen LogP contribution in [0.15, 0.2) is 40.3 Å². The first-order valence-corrected chi connectivity index (χ1v) is 7.68. The van der Waals surface area contributed by atoms with Crippen molar-refractivity contribution in [2.24, 2.45) is 4.99 Å². The van der Waals surface area contributed by atoms with Crippen molar-refractivity contribution in [1.82, 2.24) is 20.4 Å². The predicted octanol–water partition coefficient (Wildman–Crippen LogP) is 1.91. The van der Waals surface area contributed by atoms with Crippen LogP contribution in [-0.4, -0.2) is 35.9 Å². The molecule has 1 atom stereocenters. The summed E-state index contributed by atoms with van der Waals surface area (Å²) < 4.78 is 1.90. The van der Waals surface area contributed by atoms with E-state index in [0.717, 1.165) is 25.6 Å². The van der Waals surface area contributed by atoms with Gasteiger partial charge in [0.05, 0.1) is 6.54 Å². The van der Waals surface area contributed by atoms with Crippen molar-refractivity contribution >= 4 is 17.3 Å². The molecule has 0 aliphatic heterocycles. The Balaban J connectivity index is 1.70. The quantitative estimate of drug-likeness (QED) is 0.631. The van der Waals surface area contributed by atoms with Crippen molar-refractivity contribution in [2.45, 2.75) is 19.4 Å². The monoisotopic (exact) mass is 291 g/mol. The van der Waals surface area contributed by atoms with Gasteiger partial charge in [0.1, 0.15) is 0 Å². The summed E-state index contributed by atoms with van der Waals surface area (Å²) in [6.45, 7) is 4.71. The highest BCUT2D eigenvalue weighted by Gasteiger charge is 2.06. The first kappa shape index (κ1) is 14.6. The lowest BCUT2D eigenvalue weighted by Gasteiger charge is -2.15. The minimum absolute atomic E-state index is 0.478. The molecule has 108 valence electrons. The van der Waals surface area contributed by atoms with Crippen LogP contribution in [0.1, 0.15) is 18.4 Å². The average molecular weight is 291 g/mol. The van der Waals surface area contributed by atoms with E-state index in [4.69, 9.17) is 0 Å². The van der Waals surface area contributed by atoms with E-state index < -0.39 is 0 Å². The fourth-order valence-corrected chi connectivity index (χ4v) is 2.65. The van der Waals surface area contributed by atoms with Crippen LogP contribution in [0.2, 0.25) is 0 Å². The van der Waals surface area contributed by atoms with Crippen molar-refractivity contribution < 1.29 is 0 Å². The van der Waals surface area contributed by atoms with E-state index in [2.05, 4.69) is 44.5 Å². The molecule has 0 aliphatic rings. The van der Waals surface area contributed by atoms with Gasteiger partial charge in [-0.05, 0) is 34.4 Å². The molecule has 2 rings (SSSR count). The Morgan fingerprint density at radius 3 is 3.05 bits per heavy atom. The SMILES string of the molecule is CN=C(NCCn1cccn1)NCC(C)c1ccsc1. The molecule has 2 heterocycles. The lowest BCUT2D eigenvalue weighted by molar-refractivity contribution is 0.595. The van der Waals surface area contributed by atoms with E-state index in [0.29, 0.717) is 5.92 Å². The number of aromatic nitrogens is 2. The zero-order valence-corrected chi connectivity index (χ0v) is 12.7. The molecular formula is C14H21N5S. The number of nitrogens with one attached hydrogen (secondary N) is 2. The molecule has 0 saturated carbocycles. The van der Waals surface area contributed by atoms with Gasteiger partial charge in [-0.25, -0.2) is 0 Å². The topological polar surface area (TPSA) is 54.2 Å². The zero-order valence-electron chi connectivity index (χ0n) is 11.9. The second kappa shape index (κ2) is 7.69. The van der Waals surface area contributed by atoms with E-state index in [9.17, 15) is 0 Å². The van der Waals surface area contributed by atoms with Gasteiger partial charge in [-0.15, -0.1) is 0 Å². The Labute approximate surface area is 123 Å². The Morgan fingerprint density at radius 1 is 1.50 bits per heavy atom. The molecule has 0 saturated heterocycles. The second-order valence-electron chi connectivity index (χ2n) is 4.61. The van der Waals surface area contributed by atoms with E-state index >= 15 is 0 Å². The molecule has 2 aromatic rings. The number of hydrogen-bond donors (Lipinski definition) is 2. The number of hydrogen-bond acceptors (Lipinski definition) is 3. The number of nitrogens with zero attached hydrogens (tertiary/aromatic N) is 3. The van der Waals surface area contributed by atoms with Gasteiger partial charge in [0.15, 0.2) is 5.96 Å². The minimum atomic E-state index is 0.478. The van der Waals surface area contributed by atoms with Crippen LogP contribution >= 0.6 is 11.3 Å². The molecule has 0 aromatic carbocycles.